The van der Waals surface area contributed by atoms with E-state index in [0.717, 1.165) is 35.9 Å². The smallest absolute Gasteiger partial charge is 0.321 e. The molecule has 1 saturated heterocycles. The zero-order valence-electron chi connectivity index (χ0n) is 15.4. The zero-order chi connectivity index (χ0) is 18.1. The second-order valence-corrected chi connectivity index (χ2v) is 7.31. The molecule has 136 valence electrons. The Balaban J connectivity index is 1.33. The fourth-order valence-corrected chi connectivity index (χ4v) is 3.39. The van der Waals surface area contributed by atoms with E-state index in [4.69, 9.17) is 0 Å². The highest BCUT2D eigenvalue weighted by molar-refractivity contribution is 5.90. The van der Waals surface area contributed by atoms with E-state index in [2.05, 4.69) is 45.5 Å². The van der Waals surface area contributed by atoms with Gasteiger partial charge < -0.3 is 15.1 Å². The van der Waals surface area contributed by atoms with Gasteiger partial charge in [0, 0.05) is 37.8 Å². The predicted molar refractivity (Wildman–Crippen MR) is 103 cm³/mol. The number of carbonyl (C=O) groups is 1. The maximum absolute atomic E-state index is 12.5. The van der Waals surface area contributed by atoms with Crippen molar-refractivity contribution in [3.8, 4) is 0 Å². The summed E-state index contributed by atoms with van der Waals surface area (Å²) in [5, 5.41) is 11.8. The average molecular weight is 351 g/mol. The van der Waals surface area contributed by atoms with Gasteiger partial charge in [0.15, 0.2) is 5.82 Å². The van der Waals surface area contributed by atoms with Gasteiger partial charge in [-0.2, -0.15) is 5.10 Å². The van der Waals surface area contributed by atoms with E-state index in [1.54, 1.807) is 0 Å². The van der Waals surface area contributed by atoms with Crippen molar-refractivity contribution in [2.24, 2.45) is 0 Å². The van der Waals surface area contributed by atoms with E-state index in [1.165, 1.54) is 18.4 Å². The number of nitrogens with zero attached hydrogens (tertiary/aromatic N) is 4. The van der Waals surface area contributed by atoms with Crippen LogP contribution < -0.4 is 10.2 Å². The Morgan fingerprint density at radius 2 is 1.81 bits per heavy atom. The standard InChI is InChI=1S/C20H25N5O/c1-14-3-6-17(15(2)13-14)21-20(26)25-11-9-24(10-12-25)19-8-7-18(22-23-19)16-4-5-16/h3,6-8,13,16H,4-5,9-12H2,1-2H3,(H,21,26). The summed E-state index contributed by atoms with van der Waals surface area (Å²) >= 11 is 0. The van der Waals surface area contributed by atoms with Crippen molar-refractivity contribution in [2.75, 3.05) is 36.4 Å². The third-order valence-corrected chi connectivity index (χ3v) is 5.18. The molecule has 0 radical (unpaired) electrons. The molecule has 0 bridgehead atoms. The number of anilines is 2. The number of nitrogens with one attached hydrogen (secondary N) is 1. The van der Waals surface area contributed by atoms with Crippen molar-refractivity contribution in [1.29, 1.82) is 0 Å². The number of amides is 2. The Bertz CT molecular complexity index is 792. The van der Waals surface area contributed by atoms with Crippen LogP contribution in [-0.4, -0.2) is 47.3 Å². The number of hydrogen-bond acceptors (Lipinski definition) is 4. The van der Waals surface area contributed by atoms with Gasteiger partial charge in [0.1, 0.15) is 0 Å². The first-order valence-electron chi connectivity index (χ1n) is 9.32. The van der Waals surface area contributed by atoms with E-state index in [-0.39, 0.29) is 6.03 Å². The molecule has 4 rings (SSSR count). The van der Waals surface area contributed by atoms with E-state index in [9.17, 15) is 4.79 Å². The van der Waals surface area contributed by atoms with Gasteiger partial charge in [-0.1, -0.05) is 17.7 Å². The van der Waals surface area contributed by atoms with Gasteiger partial charge in [0.05, 0.1) is 5.69 Å². The van der Waals surface area contributed by atoms with Crippen molar-refractivity contribution in [3.05, 3.63) is 47.2 Å². The first-order valence-corrected chi connectivity index (χ1v) is 9.32. The lowest BCUT2D eigenvalue weighted by Crippen LogP contribution is -2.50. The van der Waals surface area contributed by atoms with Gasteiger partial charge >= 0.3 is 6.03 Å². The van der Waals surface area contributed by atoms with Crippen LogP contribution in [0.4, 0.5) is 16.3 Å². The van der Waals surface area contributed by atoms with Crippen molar-refractivity contribution < 1.29 is 4.79 Å². The van der Waals surface area contributed by atoms with Crippen LogP contribution in [0.2, 0.25) is 0 Å². The van der Waals surface area contributed by atoms with E-state index < -0.39 is 0 Å². The van der Waals surface area contributed by atoms with Crippen LogP contribution in [0.15, 0.2) is 30.3 Å². The first-order chi connectivity index (χ1) is 12.6. The number of aryl methyl sites for hydroxylation is 2. The van der Waals surface area contributed by atoms with E-state index in [1.807, 2.05) is 24.0 Å². The van der Waals surface area contributed by atoms with Crippen LogP contribution in [0.1, 0.15) is 35.6 Å². The molecule has 2 heterocycles. The lowest BCUT2D eigenvalue weighted by molar-refractivity contribution is 0.208. The molecule has 1 aromatic heterocycles. The molecule has 1 aliphatic carbocycles. The van der Waals surface area contributed by atoms with Crippen LogP contribution in [0, 0.1) is 13.8 Å². The summed E-state index contributed by atoms with van der Waals surface area (Å²) in [5.74, 6) is 1.53. The van der Waals surface area contributed by atoms with Crippen molar-refractivity contribution in [1.82, 2.24) is 15.1 Å². The van der Waals surface area contributed by atoms with Crippen LogP contribution in [0.3, 0.4) is 0 Å². The highest BCUT2D eigenvalue weighted by Crippen LogP contribution is 2.38. The largest absolute Gasteiger partial charge is 0.352 e. The molecule has 0 unspecified atom stereocenters. The summed E-state index contributed by atoms with van der Waals surface area (Å²) in [4.78, 5) is 16.6. The lowest BCUT2D eigenvalue weighted by Gasteiger charge is -2.35. The number of piperazine rings is 1. The minimum absolute atomic E-state index is 0.0354. The van der Waals surface area contributed by atoms with Crippen LogP contribution >= 0.6 is 0 Å². The van der Waals surface area contributed by atoms with Crippen molar-refractivity contribution in [3.63, 3.8) is 0 Å². The summed E-state index contributed by atoms with van der Waals surface area (Å²) < 4.78 is 0. The molecule has 6 heteroatoms. The molecular weight excluding hydrogens is 326 g/mol. The van der Waals surface area contributed by atoms with E-state index >= 15 is 0 Å². The topological polar surface area (TPSA) is 61.4 Å². The number of benzene rings is 1. The lowest BCUT2D eigenvalue weighted by atomic mass is 10.1. The summed E-state index contributed by atoms with van der Waals surface area (Å²) in [7, 11) is 0. The van der Waals surface area contributed by atoms with Crippen LogP contribution in [0.5, 0.6) is 0 Å². The Kier molecular flexibility index (Phi) is 4.49. The van der Waals surface area contributed by atoms with E-state index in [0.29, 0.717) is 19.0 Å². The molecule has 1 N–H and O–H groups in total. The number of carbonyl (C=O) groups excluding carboxylic acids is 1. The third-order valence-electron chi connectivity index (χ3n) is 5.18. The monoisotopic (exact) mass is 351 g/mol. The third kappa shape index (κ3) is 3.64. The van der Waals surface area contributed by atoms with Gasteiger partial charge in [-0.25, -0.2) is 4.79 Å². The fourth-order valence-electron chi connectivity index (χ4n) is 3.39. The minimum Gasteiger partial charge on any atom is -0.352 e. The molecule has 1 aromatic carbocycles. The molecule has 0 spiro atoms. The van der Waals surface area contributed by atoms with Crippen molar-refractivity contribution >= 4 is 17.5 Å². The molecule has 0 atom stereocenters. The Labute approximate surface area is 154 Å². The second kappa shape index (κ2) is 6.94. The first kappa shape index (κ1) is 16.8. The number of urea groups is 1. The summed E-state index contributed by atoms with van der Waals surface area (Å²) in [5.41, 5.74) is 4.27. The predicted octanol–water partition coefficient (Wildman–Crippen LogP) is 3.32. The summed E-state index contributed by atoms with van der Waals surface area (Å²) in [6.07, 6.45) is 2.48. The Hall–Kier alpha value is -2.63. The maximum Gasteiger partial charge on any atom is 0.321 e. The number of aromatic nitrogens is 2. The maximum atomic E-state index is 12.5. The number of rotatable bonds is 3. The molecule has 26 heavy (non-hydrogen) atoms. The van der Waals surface area contributed by atoms with Gasteiger partial charge in [0.2, 0.25) is 0 Å². The molecule has 2 amide bonds. The molecule has 2 aliphatic rings. The normalized spacial score (nSPS) is 17.3. The molecule has 1 saturated carbocycles. The fraction of sp³-hybridized carbons (Fsp3) is 0.450. The second-order valence-electron chi connectivity index (χ2n) is 7.31. The summed E-state index contributed by atoms with van der Waals surface area (Å²) in [6.45, 7) is 6.99. The quantitative estimate of drug-likeness (QED) is 0.921. The van der Waals surface area contributed by atoms with Gasteiger partial charge in [-0.3, -0.25) is 0 Å². The van der Waals surface area contributed by atoms with Gasteiger partial charge in [-0.05, 0) is 50.5 Å². The highest BCUT2D eigenvalue weighted by atomic mass is 16.2. The summed E-state index contributed by atoms with van der Waals surface area (Å²) in [6, 6.07) is 10.2. The molecular formula is C20H25N5O. The minimum atomic E-state index is -0.0354. The Morgan fingerprint density at radius 3 is 2.42 bits per heavy atom. The molecule has 2 aromatic rings. The average Bonchev–Trinajstić information content (AvgIpc) is 3.49. The Morgan fingerprint density at radius 1 is 1.04 bits per heavy atom. The van der Waals surface area contributed by atoms with Crippen LogP contribution in [-0.2, 0) is 0 Å². The molecule has 1 aliphatic heterocycles. The zero-order valence-corrected chi connectivity index (χ0v) is 15.4. The SMILES string of the molecule is Cc1ccc(NC(=O)N2CCN(c3ccc(C4CC4)nn3)CC2)c(C)c1. The molecule has 2 fully saturated rings. The molecule has 6 nitrogen and oxygen atoms in total. The number of hydrogen-bond donors (Lipinski definition) is 1. The highest BCUT2D eigenvalue weighted by Gasteiger charge is 2.26. The van der Waals surface area contributed by atoms with Gasteiger partial charge in [0.25, 0.3) is 0 Å². The van der Waals surface area contributed by atoms with Crippen molar-refractivity contribution in [2.45, 2.75) is 32.6 Å². The van der Waals surface area contributed by atoms with Crippen LogP contribution in [0.25, 0.3) is 0 Å². The van der Waals surface area contributed by atoms with Gasteiger partial charge in [-0.15, -0.1) is 5.10 Å².